The second-order valence-corrected chi connectivity index (χ2v) is 10.7. The zero-order valence-corrected chi connectivity index (χ0v) is 20.8. The Kier molecular flexibility index (Phi) is 9.31. The van der Waals surface area contributed by atoms with Gasteiger partial charge in [-0.15, -0.1) is 5.46 Å². The summed E-state index contributed by atoms with van der Waals surface area (Å²) in [6, 6.07) is 41.1. The minimum Gasteiger partial charge on any atom is -0.207 e. The average molecular weight is 552 g/mol. The lowest BCUT2D eigenvalue weighted by Crippen LogP contribution is -2.20. The summed E-state index contributed by atoms with van der Waals surface area (Å²) in [5, 5.41) is 0. The average Bonchev–Trinajstić information content (AvgIpc) is 2.97. The first kappa shape index (κ1) is 27.5. The molecular formula is C30H22BF5S2. The van der Waals surface area contributed by atoms with Gasteiger partial charge in [-0.2, -0.15) is 0 Å². The highest BCUT2D eigenvalue weighted by atomic mass is 32.2. The standard InChI is InChI=1S/C24H19S2.C6H3BF5/c1-4-10-20(11-5-1)25-21-16-18-24(19-17-21)26(22-12-6-2-7-13-22)23-14-8-3-9-15-23;7-1-2(8)4(10)6(12)5(11)3(1)9/h1-19H;7H3/q+1;-1. The molecule has 0 atom stereocenters. The second kappa shape index (κ2) is 12.8. The summed E-state index contributed by atoms with van der Waals surface area (Å²) in [5.74, 6) is -9.13. The van der Waals surface area contributed by atoms with Crippen LogP contribution in [0.5, 0.6) is 0 Å². The molecule has 192 valence electrons. The molecule has 8 heteroatoms. The fourth-order valence-corrected chi connectivity index (χ4v) is 6.21. The van der Waals surface area contributed by atoms with Crippen molar-refractivity contribution in [1.82, 2.24) is 0 Å². The van der Waals surface area contributed by atoms with E-state index in [4.69, 9.17) is 0 Å². The third-order valence-corrected chi connectivity index (χ3v) is 8.23. The van der Waals surface area contributed by atoms with Crippen LogP contribution in [0.3, 0.4) is 0 Å². The molecule has 5 aromatic carbocycles. The van der Waals surface area contributed by atoms with Gasteiger partial charge in [-0.05, 0) is 68.5 Å². The molecule has 0 bridgehead atoms. The van der Waals surface area contributed by atoms with Crippen LogP contribution in [-0.2, 0) is 10.9 Å². The van der Waals surface area contributed by atoms with Crippen LogP contribution in [0, 0.1) is 29.1 Å². The zero-order valence-electron chi connectivity index (χ0n) is 19.2. The predicted molar refractivity (Wildman–Crippen MR) is 148 cm³/mol. The highest BCUT2D eigenvalue weighted by molar-refractivity contribution is 7.99. The van der Waals surface area contributed by atoms with Crippen molar-refractivity contribution in [1.29, 1.82) is 0 Å². The van der Waals surface area contributed by atoms with Crippen LogP contribution in [0.4, 0.5) is 22.0 Å². The van der Waals surface area contributed by atoms with Crippen LogP contribution >= 0.6 is 11.8 Å². The molecule has 0 saturated heterocycles. The van der Waals surface area contributed by atoms with Crippen LogP contribution in [-0.4, -0.2) is 7.85 Å². The van der Waals surface area contributed by atoms with Gasteiger partial charge in [-0.1, -0.05) is 66.4 Å². The molecule has 0 saturated carbocycles. The Balaban J connectivity index is 0.000000236. The van der Waals surface area contributed by atoms with Crippen molar-refractivity contribution in [2.45, 2.75) is 24.5 Å². The Bertz CT molecular complexity index is 1340. The zero-order chi connectivity index (χ0) is 27.1. The molecule has 0 N–H and O–H groups in total. The molecule has 0 heterocycles. The van der Waals surface area contributed by atoms with Gasteiger partial charge in [0.1, 0.15) is 11.6 Å². The van der Waals surface area contributed by atoms with E-state index in [-0.39, 0.29) is 10.9 Å². The van der Waals surface area contributed by atoms with Crippen molar-refractivity contribution in [2.24, 2.45) is 0 Å². The Morgan fingerprint density at radius 2 is 0.763 bits per heavy atom. The summed E-state index contributed by atoms with van der Waals surface area (Å²) in [5.41, 5.74) is -0.619. The Labute approximate surface area is 226 Å². The molecule has 0 spiro atoms. The van der Waals surface area contributed by atoms with Gasteiger partial charge in [0, 0.05) is 9.79 Å². The predicted octanol–water partition coefficient (Wildman–Crippen LogP) is 7.31. The summed E-state index contributed by atoms with van der Waals surface area (Å²) in [6.45, 7) is 0. The van der Waals surface area contributed by atoms with Gasteiger partial charge in [-0.3, -0.25) is 0 Å². The van der Waals surface area contributed by atoms with E-state index in [0.29, 0.717) is 0 Å². The van der Waals surface area contributed by atoms with E-state index in [9.17, 15) is 22.0 Å². The van der Waals surface area contributed by atoms with Gasteiger partial charge in [0.05, 0.1) is 10.9 Å². The second-order valence-electron chi connectivity index (χ2n) is 7.51. The summed E-state index contributed by atoms with van der Waals surface area (Å²) < 4.78 is 61.8. The summed E-state index contributed by atoms with van der Waals surface area (Å²) in [6.07, 6.45) is 0. The van der Waals surface area contributed by atoms with Crippen LogP contribution < -0.4 is 5.46 Å². The molecule has 5 rings (SSSR count). The third-order valence-electron chi connectivity index (χ3n) is 4.99. The Morgan fingerprint density at radius 3 is 1.21 bits per heavy atom. The van der Waals surface area contributed by atoms with Crippen LogP contribution in [0.25, 0.3) is 0 Å². The van der Waals surface area contributed by atoms with Crippen molar-refractivity contribution in [3.05, 3.63) is 144 Å². The van der Waals surface area contributed by atoms with E-state index < -0.39 is 42.4 Å². The van der Waals surface area contributed by atoms with Crippen molar-refractivity contribution in [3.8, 4) is 0 Å². The normalized spacial score (nSPS) is 10.7. The molecule has 0 amide bonds. The highest BCUT2D eigenvalue weighted by Gasteiger charge is 2.28. The van der Waals surface area contributed by atoms with Crippen molar-refractivity contribution < 1.29 is 22.0 Å². The van der Waals surface area contributed by atoms with Crippen LogP contribution in [0.2, 0.25) is 0 Å². The van der Waals surface area contributed by atoms with E-state index in [1.807, 2.05) is 0 Å². The molecule has 0 radical (unpaired) electrons. The van der Waals surface area contributed by atoms with E-state index >= 15 is 0 Å². The van der Waals surface area contributed by atoms with Crippen molar-refractivity contribution >= 4 is 36.0 Å². The fraction of sp³-hybridized carbons (Fsp3) is 0. The number of halogens is 5. The third kappa shape index (κ3) is 6.49. The quantitative estimate of drug-likeness (QED) is 0.0725. The monoisotopic (exact) mass is 552 g/mol. The minimum absolute atomic E-state index is 0.0786. The van der Waals surface area contributed by atoms with E-state index in [1.165, 1.54) is 24.5 Å². The molecule has 0 fully saturated rings. The lowest BCUT2D eigenvalue weighted by Gasteiger charge is -2.08. The molecule has 0 aliphatic heterocycles. The van der Waals surface area contributed by atoms with E-state index in [2.05, 4.69) is 115 Å². The molecule has 0 aliphatic carbocycles. The highest BCUT2D eigenvalue weighted by Crippen LogP contribution is 2.33. The summed E-state index contributed by atoms with van der Waals surface area (Å²) >= 11 is 1.80. The molecule has 0 aromatic heterocycles. The lowest BCUT2D eigenvalue weighted by molar-refractivity contribution is 0.384. The van der Waals surface area contributed by atoms with Crippen LogP contribution in [0.1, 0.15) is 0 Å². The van der Waals surface area contributed by atoms with Crippen LogP contribution in [0.15, 0.2) is 140 Å². The lowest BCUT2D eigenvalue weighted by atomic mass is 9.94. The first-order valence-corrected chi connectivity index (χ1v) is 13.1. The van der Waals surface area contributed by atoms with E-state index in [0.717, 1.165) is 0 Å². The molecule has 0 unspecified atom stereocenters. The topological polar surface area (TPSA) is 0 Å². The SMILES string of the molecule is [BH3-]c1c(F)c(F)c(F)c(F)c1F.c1ccc(Sc2ccc([S+](c3ccccc3)c3ccccc3)cc2)cc1. The van der Waals surface area contributed by atoms with Gasteiger partial charge in [0.25, 0.3) is 0 Å². The maximum atomic E-state index is 12.5. The number of hydrogen-bond acceptors (Lipinski definition) is 1. The largest absolute Gasteiger partial charge is 0.207 e. The maximum absolute atomic E-state index is 12.5. The maximum Gasteiger partial charge on any atom is 0.200 e. The summed E-state index contributed by atoms with van der Waals surface area (Å²) in [7, 11) is -1.13. The Morgan fingerprint density at radius 1 is 0.421 bits per heavy atom. The number of benzene rings is 5. The van der Waals surface area contributed by atoms with Crippen molar-refractivity contribution in [2.75, 3.05) is 0 Å². The first-order valence-electron chi connectivity index (χ1n) is 11.0. The molecule has 38 heavy (non-hydrogen) atoms. The van der Waals surface area contributed by atoms with Crippen molar-refractivity contribution in [3.63, 3.8) is 0 Å². The first-order chi connectivity index (χ1) is 18.4. The molecule has 5 aromatic rings. The van der Waals surface area contributed by atoms with Gasteiger partial charge < -0.3 is 0 Å². The number of hydrogen-bond donors (Lipinski definition) is 0. The minimum atomic E-state index is -2.09. The molecule has 0 nitrogen and oxygen atoms in total. The van der Waals surface area contributed by atoms with Gasteiger partial charge >= 0.3 is 0 Å². The van der Waals surface area contributed by atoms with Gasteiger partial charge in [0.2, 0.25) is 0 Å². The Hall–Kier alpha value is -3.49. The smallest absolute Gasteiger partial charge is 0.200 e. The van der Waals surface area contributed by atoms with E-state index in [1.54, 1.807) is 11.8 Å². The fourth-order valence-electron chi connectivity index (χ4n) is 3.28. The van der Waals surface area contributed by atoms with Gasteiger partial charge in [-0.25, -0.2) is 22.0 Å². The number of rotatable bonds is 5. The molecule has 0 aliphatic rings. The molecular weight excluding hydrogens is 530 g/mol. The summed E-state index contributed by atoms with van der Waals surface area (Å²) in [4.78, 5) is 6.58. The van der Waals surface area contributed by atoms with Gasteiger partial charge in [0.15, 0.2) is 32.1 Å².